The molecule has 0 fully saturated rings. The van der Waals surface area contributed by atoms with Gasteiger partial charge in [0.15, 0.2) is 0 Å². The van der Waals surface area contributed by atoms with Gasteiger partial charge in [-0.2, -0.15) is 0 Å². The molecule has 1 aliphatic heterocycles. The lowest BCUT2D eigenvalue weighted by Crippen LogP contribution is -2.24. The van der Waals surface area contributed by atoms with E-state index in [4.69, 9.17) is 5.11 Å². The highest BCUT2D eigenvalue weighted by molar-refractivity contribution is 5.84. The number of hydrogen-bond donors (Lipinski definition) is 2. The van der Waals surface area contributed by atoms with Crippen molar-refractivity contribution in [2.24, 2.45) is 9.98 Å². The van der Waals surface area contributed by atoms with Gasteiger partial charge in [0.1, 0.15) is 0 Å². The highest BCUT2D eigenvalue weighted by atomic mass is 16.4. The van der Waals surface area contributed by atoms with Gasteiger partial charge in [-0.1, -0.05) is 0 Å². The molecule has 0 aliphatic carbocycles. The van der Waals surface area contributed by atoms with E-state index in [0.29, 0.717) is 0 Å². The minimum Gasteiger partial charge on any atom is -0.478 e. The molecule has 1 rings (SSSR count). The lowest BCUT2D eigenvalue weighted by molar-refractivity contribution is -0.138. The van der Waals surface area contributed by atoms with Gasteiger partial charge < -0.3 is 10.4 Å². The Morgan fingerprint density at radius 1 is 1.56 bits per heavy atom. The maximum atomic E-state index is 10.1. The minimum absolute atomic E-state index is 0.953. The van der Waals surface area contributed by atoms with E-state index in [1.165, 1.54) is 12.7 Å². The van der Waals surface area contributed by atoms with Gasteiger partial charge in [0.25, 0.3) is 0 Å². The Hall–Kier alpha value is -1.39. The van der Waals surface area contributed by atoms with Crippen LogP contribution in [0.5, 0.6) is 0 Å². The number of nitrogens with one attached hydrogen (secondary N) is 1. The Balaban J connectivity index is 2.60. The average molecular weight is 127 g/mol. The molecule has 0 saturated heterocycles. The summed E-state index contributed by atoms with van der Waals surface area (Å²) in [5.41, 5.74) is 0. The molecule has 2 N–H and O–H groups in total. The highest BCUT2D eigenvalue weighted by Crippen LogP contribution is 1.92. The van der Waals surface area contributed by atoms with Crippen LogP contribution in [0.1, 0.15) is 0 Å². The molecule has 0 bridgehead atoms. The van der Waals surface area contributed by atoms with E-state index >= 15 is 0 Å². The lowest BCUT2D eigenvalue weighted by atomic mass is 10.5. The maximum absolute atomic E-state index is 10.1. The second kappa shape index (κ2) is 2.25. The molecular weight excluding hydrogens is 122 g/mol. The Bertz CT molecular complexity index is 163. The van der Waals surface area contributed by atoms with Gasteiger partial charge in [0.2, 0.25) is 6.17 Å². The van der Waals surface area contributed by atoms with E-state index in [1.54, 1.807) is 0 Å². The standard InChI is InChI=1S/C4H5N3O2/c8-4(9)3-6-1-5-2-7-3/h1-3H,(H,8,9)(H,5,6,7). The molecule has 0 amide bonds. The number of aliphatic imine (C=N–C) groups is 2. The largest absolute Gasteiger partial charge is 0.478 e. The van der Waals surface area contributed by atoms with Gasteiger partial charge in [-0.05, 0) is 0 Å². The van der Waals surface area contributed by atoms with Crippen LogP contribution in [-0.4, -0.2) is 29.9 Å². The van der Waals surface area contributed by atoms with Crippen LogP contribution in [0.2, 0.25) is 0 Å². The molecule has 0 aromatic carbocycles. The van der Waals surface area contributed by atoms with E-state index in [0.717, 1.165) is 0 Å². The van der Waals surface area contributed by atoms with Crippen LogP contribution < -0.4 is 5.32 Å². The maximum Gasteiger partial charge on any atom is 0.351 e. The summed E-state index contributed by atoms with van der Waals surface area (Å²) in [5.74, 6) is -1.04. The summed E-state index contributed by atoms with van der Waals surface area (Å²) in [5, 5.41) is 10.8. The summed E-state index contributed by atoms with van der Waals surface area (Å²) >= 11 is 0. The van der Waals surface area contributed by atoms with Crippen molar-refractivity contribution < 1.29 is 9.90 Å². The minimum atomic E-state index is -1.04. The summed E-state index contributed by atoms with van der Waals surface area (Å²) in [6, 6.07) is 0. The molecule has 5 nitrogen and oxygen atoms in total. The number of rotatable bonds is 1. The fourth-order valence-corrected chi connectivity index (χ4v) is 0.427. The number of hydrogen-bond acceptors (Lipinski definition) is 4. The van der Waals surface area contributed by atoms with Crippen molar-refractivity contribution in [1.29, 1.82) is 0 Å². The molecule has 0 aromatic rings. The molecule has 5 heteroatoms. The Morgan fingerprint density at radius 3 is 2.44 bits per heavy atom. The van der Waals surface area contributed by atoms with Gasteiger partial charge in [-0.25, -0.2) is 14.8 Å². The highest BCUT2D eigenvalue weighted by Gasteiger charge is 2.12. The number of carbonyl (C=O) groups is 1. The first-order chi connectivity index (χ1) is 4.30. The van der Waals surface area contributed by atoms with Gasteiger partial charge in [0, 0.05) is 0 Å². The number of nitrogens with zero attached hydrogens (tertiary/aromatic N) is 2. The number of aliphatic carboxylic acids is 1. The molecule has 0 unspecified atom stereocenters. The summed E-state index contributed by atoms with van der Waals surface area (Å²) in [4.78, 5) is 17.1. The van der Waals surface area contributed by atoms with Gasteiger partial charge in [-0.3, -0.25) is 0 Å². The first-order valence-corrected chi connectivity index (χ1v) is 2.33. The Labute approximate surface area is 51.1 Å². The smallest absolute Gasteiger partial charge is 0.351 e. The van der Waals surface area contributed by atoms with E-state index in [2.05, 4.69) is 15.3 Å². The topological polar surface area (TPSA) is 74.0 Å². The Morgan fingerprint density at radius 2 is 2.11 bits per heavy atom. The van der Waals surface area contributed by atoms with Crippen molar-refractivity contribution in [2.75, 3.05) is 0 Å². The van der Waals surface area contributed by atoms with Crippen LogP contribution in [0.15, 0.2) is 9.98 Å². The summed E-state index contributed by atoms with van der Waals surface area (Å²) in [6.07, 6.45) is 1.64. The number of carboxylic acid groups (broad SMARTS) is 1. The van der Waals surface area contributed by atoms with E-state index < -0.39 is 12.1 Å². The second-order valence-corrected chi connectivity index (χ2v) is 1.43. The fraction of sp³-hybridized carbons (Fsp3) is 0.250. The zero-order valence-corrected chi connectivity index (χ0v) is 4.48. The molecule has 1 aliphatic rings. The first kappa shape index (κ1) is 5.74. The fourth-order valence-electron chi connectivity index (χ4n) is 0.427. The van der Waals surface area contributed by atoms with Crippen molar-refractivity contribution >= 4 is 18.6 Å². The van der Waals surface area contributed by atoms with Gasteiger partial charge in [0.05, 0.1) is 12.7 Å². The Kier molecular flexibility index (Phi) is 1.44. The molecule has 48 valence electrons. The molecule has 1 heterocycles. The van der Waals surface area contributed by atoms with Crippen molar-refractivity contribution in [3.05, 3.63) is 0 Å². The summed E-state index contributed by atoms with van der Waals surface area (Å²) < 4.78 is 0. The third-order valence-corrected chi connectivity index (χ3v) is 0.801. The van der Waals surface area contributed by atoms with E-state index in [-0.39, 0.29) is 0 Å². The predicted octanol–water partition coefficient (Wildman–Crippen LogP) is -0.943. The zero-order chi connectivity index (χ0) is 6.69. The quantitative estimate of drug-likeness (QED) is 0.477. The third-order valence-electron chi connectivity index (χ3n) is 0.801. The summed E-state index contributed by atoms with van der Waals surface area (Å²) in [6.45, 7) is 0. The van der Waals surface area contributed by atoms with Gasteiger partial charge >= 0.3 is 5.97 Å². The SMILES string of the molecule is O=C(O)C1N=CNC=N1. The van der Waals surface area contributed by atoms with E-state index in [1.807, 2.05) is 0 Å². The predicted molar refractivity (Wildman–Crippen MR) is 31.5 cm³/mol. The molecule has 0 spiro atoms. The molecule has 0 radical (unpaired) electrons. The second-order valence-electron chi connectivity index (χ2n) is 1.43. The normalized spacial score (nSPS) is 17.3. The van der Waals surface area contributed by atoms with Crippen LogP contribution in [-0.2, 0) is 4.79 Å². The molecule has 9 heavy (non-hydrogen) atoms. The molecule has 0 atom stereocenters. The zero-order valence-electron chi connectivity index (χ0n) is 4.48. The van der Waals surface area contributed by atoms with Crippen molar-refractivity contribution in [2.45, 2.75) is 6.17 Å². The van der Waals surface area contributed by atoms with Crippen molar-refractivity contribution in [1.82, 2.24) is 5.32 Å². The van der Waals surface area contributed by atoms with E-state index in [9.17, 15) is 4.79 Å². The van der Waals surface area contributed by atoms with Crippen LogP contribution in [0.25, 0.3) is 0 Å². The first-order valence-electron chi connectivity index (χ1n) is 2.33. The van der Waals surface area contributed by atoms with Crippen LogP contribution in [0.3, 0.4) is 0 Å². The van der Waals surface area contributed by atoms with Crippen molar-refractivity contribution in [3.63, 3.8) is 0 Å². The lowest BCUT2D eigenvalue weighted by Gasteiger charge is -2.03. The average Bonchev–Trinajstić information content (AvgIpc) is 1.90. The monoisotopic (exact) mass is 127 g/mol. The molecule has 0 saturated carbocycles. The molecule has 0 aromatic heterocycles. The summed E-state index contributed by atoms with van der Waals surface area (Å²) in [7, 11) is 0. The van der Waals surface area contributed by atoms with Crippen molar-refractivity contribution in [3.8, 4) is 0 Å². The van der Waals surface area contributed by atoms with Crippen LogP contribution in [0.4, 0.5) is 0 Å². The van der Waals surface area contributed by atoms with Gasteiger partial charge in [-0.15, -0.1) is 0 Å². The van der Waals surface area contributed by atoms with Crippen LogP contribution in [0, 0.1) is 0 Å². The van der Waals surface area contributed by atoms with Crippen LogP contribution >= 0.6 is 0 Å². The molecular formula is C4H5N3O2. The number of carboxylic acids is 1. The third kappa shape index (κ3) is 1.25.